The average molecular weight is 311 g/mol. The van der Waals surface area contributed by atoms with Gasteiger partial charge in [0.1, 0.15) is 5.75 Å². The molecule has 0 spiro atoms. The van der Waals surface area contributed by atoms with Crippen LogP contribution in [0.1, 0.15) is 23.7 Å². The third kappa shape index (κ3) is 5.30. The number of nitrogens with zero attached hydrogens (tertiary/aromatic N) is 1. The first-order chi connectivity index (χ1) is 9.99. The monoisotopic (exact) mass is 311 g/mol. The van der Waals surface area contributed by atoms with Gasteiger partial charge in [0.25, 0.3) is 5.91 Å². The minimum atomic E-state index is -1.05. The van der Waals surface area contributed by atoms with Gasteiger partial charge in [-0.15, -0.1) is 0 Å². The lowest BCUT2D eigenvalue weighted by atomic mass is 10.1. The number of hydrogen-bond acceptors (Lipinski definition) is 4. The van der Waals surface area contributed by atoms with Crippen molar-refractivity contribution in [3.8, 4) is 5.75 Å². The topological polar surface area (TPSA) is 66.8 Å². The molecule has 0 saturated carbocycles. The van der Waals surface area contributed by atoms with Crippen molar-refractivity contribution in [1.29, 1.82) is 0 Å². The van der Waals surface area contributed by atoms with Crippen molar-refractivity contribution in [2.75, 3.05) is 25.7 Å². The van der Waals surface area contributed by atoms with Crippen molar-refractivity contribution >= 4 is 23.6 Å². The maximum Gasteiger partial charge on any atom is 0.341 e. The molecule has 1 N–H and O–H groups in total. The SMILES string of the molecule is CCC(CSC)N(C)C(=O)c1cccc(OCC(=O)O)c1. The third-order valence-electron chi connectivity index (χ3n) is 3.14. The molecule has 1 aromatic carbocycles. The van der Waals surface area contributed by atoms with Gasteiger partial charge in [0.15, 0.2) is 6.61 Å². The van der Waals surface area contributed by atoms with Crippen LogP contribution in [0.4, 0.5) is 0 Å². The molecule has 0 heterocycles. The second-order valence-electron chi connectivity index (χ2n) is 4.64. The first-order valence-corrected chi connectivity index (χ1v) is 8.09. The number of rotatable bonds is 8. The summed E-state index contributed by atoms with van der Waals surface area (Å²) in [5.41, 5.74) is 0.500. The molecule has 1 unspecified atom stereocenters. The van der Waals surface area contributed by atoms with Gasteiger partial charge < -0.3 is 14.7 Å². The van der Waals surface area contributed by atoms with Crippen molar-refractivity contribution in [2.45, 2.75) is 19.4 Å². The number of hydrogen-bond donors (Lipinski definition) is 1. The van der Waals surface area contributed by atoms with Crippen molar-refractivity contribution in [1.82, 2.24) is 4.90 Å². The number of carboxylic acid groups (broad SMARTS) is 1. The van der Waals surface area contributed by atoms with Crippen molar-refractivity contribution in [2.24, 2.45) is 0 Å². The van der Waals surface area contributed by atoms with Crippen molar-refractivity contribution in [3.63, 3.8) is 0 Å². The van der Waals surface area contributed by atoms with E-state index >= 15 is 0 Å². The van der Waals surface area contributed by atoms with Crippen LogP contribution < -0.4 is 4.74 Å². The molecule has 1 amide bonds. The number of carboxylic acids is 1. The first kappa shape index (κ1) is 17.4. The zero-order chi connectivity index (χ0) is 15.8. The molecule has 0 aliphatic heterocycles. The Morgan fingerprint density at radius 1 is 1.43 bits per heavy atom. The Hall–Kier alpha value is -1.69. The minimum absolute atomic E-state index is 0.0864. The first-order valence-electron chi connectivity index (χ1n) is 6.70. The number of carbonyl (C=O) groups is 2. The summed E-state index contributed by atoms with van der Waals surface area (Å²) in [7, 11) is 1.79. The molecule has 116 valence electrons. The van der Waals surface area contributed by atoms with E-state index in [9.17, 15) is 9.59 Å². The molecule has 0 aliphatic rings. The maximum absolute atomic E-state index is 12.5. The van der Waals surface area contributed by atoms with E-state index in [2.05, 4.69) is 6.92 Å². The van der Waals surface area contributed by atoms with Gasteiger partial charge in [0.05, 0.1) is 0 Å². The van der Waals surface area contributed by atoms with E-state index in [1.165, 1.54) is 0 Å². The summed E-state index contributed by atoms with van der Waals surface area (Å²) in [4.78, 5) is 24.7. The van der Waals surface area contributed by atoms with Crippen molar-refractivity contribution < 1.29 is 19.4 Å². The molecular weight excluding hydrogens is 290 g/mol. The Morgan fingerprint density at radius 3 is 2.71 bits per heavy atom. The summed E-state index contributed by atoms with van der Waals surface area (Å²) in [5, 5.41) is 8.60. The molecule has 0 fully saturated rings. The molecule has 0 radical (unpaired) electrons. The minimum Gasteiger partial charge on any atom is -0.482 e. The van der Waals surface area contributed by atoms with Gasteiger partial charge in [0.2, 0.25) is 0 Å². The lowest BCUT2D eigenvalue weighted by Gasteiger charge is -2.27. The zero-order valence-corrected chi connectivity index (χ0v) is 13.4. The fraction of sp³-hybridized carbons (Fsp3) is 0.467. The number of ether oxygens (including phenoxy) is 1. The smallest absolute Gasteiger partial charge is 0.341 e. The number of thioether (sulfide) groups is 1. The van der Waals surface area contributed by atoms with Gasteiger partial charge >= 0.3 is 5.97 Å². The van der Waals surface area contributed by atoms with Crippen LogP contribution in [0.3, 0.4) is 0 Å². The van der Waals surface area contributed by atoms with Gasteiger partial charge in [-0.2, -0.15) is 11.8 Å². The van der Waals surface area contributed by atoms with Gasteiger partial charge in [-0.05, 0) is 30.9 Å². The van der Waals surface area contributed by atoms with Crippen LogP contribution in [0.25, 0.3) is 0 Å². The summed E-state index contributed by atoms with van der Waals surface area (Å²) in [6.07, 6.45) is 2.90. The predicted molar refractivity (Wildman–Crippen MR) is 84.1 cm³/mol. The van der Waals surface area contributed by atoms with E-state index in [4.69, 9.17) is 9.84 Å². The number of amides is 1. The highest BCUT2D eigenvalue weighted by atomic mass is 32.2. The highest BCUT2D eigenvalue weighted by Gasteiger charge is 2.19. The summed E-state index contributed by atoms with van der Waals surface area (Å²) in [5.74, 6) is 0.134. The lowest BCUT2D eigenvalue weighted by molar-refractivity contribution is -0.139. The zero-order valence-electron chi connectivity index (χ0n) is 12.5. The number of aliphatic carboxylic acids is 1. The van der Waals surface area contributed by atoms with Crippen LogP contribution in [0.5, 0.6) is 5.75 Å². The Balaban J connectivity index is 2.81. The third-order valence-corrected chi connectivity index (χ3v) is 3.86. The van der Waals surface area contributed by atoms with E-state index in [-0.39, 0.29) is 11.9 Å². The van der Waals surface area contributed by atoms with E-state index in [0.29, 0.717) is 11.3 Å². The molecule has 0 saturated heterocycles. The van der Waals surface area contributed by atoms with Crippen LogP contribution in [0.15, 0.2) is 24.3 Å². The molecule has 5 nitrogen and oxygen atoms in total. The molecule has 0 bridgehead atoms. The molecule has 21 heavy (non-hydrogen) atoms. The fourth-order valence-electron chi connectivity index (χ4n) is 1.93. The van der Waals surface area contributed by atoms with Gasteiger partial charge in [-0.25, -0.2) is 4.79 Å². The molecule has 0 aliphatic carbocycles. The molecule has 0 aromatic heterocycles. The number of carbonyl (C=O) groups excluding carboxylic acids is 1. The standard InChI is InChI=1S/C15H21NO4S/c1-4-12(10-21-3)16(2)15(19)11-6-5-7-13(8-11)20-9-14(17)18/h5-8,12H,4,9-10H2,1-3H3,(H,17,18). The van der Waals surface area contributed by atoms with Crippen LogP contribution in [-0.2, 0) is 4.79 Å². The van der Waals surface area contributed by atoms with Crippen LogP contribution >= 0.6 is 11.8 Å². The van der Waals surface area contributed by atoms with Crippen LogP contribution in [0, 0.1) is 0 Å². The Kier molecular flexibility index (Phi) is 7.08. The molecule has 6 heteroatoms. The van der Waals surface area contributed by atoms with E-state index in [0.717, 1.165) is 12.2 Å². The highest BCUT2D eigenvalue weighted by Crippen LogP contribution is 2.17. The van der Waals surface area contributed by atoms with Gasteiger partial charge in [-0.1, -0.05) is 13.0 Å². The highest BCUT2D eigenvalue weighted by molar-refractivity contribution is 7.98. The largest absolute Gasteiger partial charge is 0.482 e. The summed E-state index contributed by atoms with van der Waals surface area (Å²) >= 11 is 1.71. The maximum atomic E-state index is 12.5. The molecule has 1 aromatic rings. The summed E-state index contributed by atoms with van der Waals surface area (Å²) in [6, 6.07) is 6.79. The van der Waals surface area contributed by atoms with Crippen molar-refractivity contribution in [3.05, 3.63) is 29.8 Å². The molecule has 1 rings (SSSR count). The van der Waals surface area contributed by atoms with E-state index in [1.54, 1.807) is 48.0 Å². The average Bonchev–Trinajstić information content (AvgIpc) is 2.49. The van der Waals surface area contributed by atoms with E-state index in [1.807, 2.05) is 6.26 Å². The quantitative estimate of drug-likeness (QED) is 0.798. The van der Waals surface area contributed by atoms with Crippen LogP contribution in [0.2, 0.25) is 0 Å². The Morgan fingerprint density at radius 2 is 2.14 bits per heavy atom. The molecule has 1 atom stereocenters. The van der Waals surface area contributed by atoms with Crippen LogP contribution in [-0.4, -0.2) is 53.6 Å². The number of benzene rings is 1. The summed E-state index contributed by atoms with van der Waals surface area (Å²) < 4.78 is 5.10. The normalized spacial score (nSPS) is 11.8. The molecular formula is C15H21NO4S. The van der Waals surface area contributed by atoms with Gasteiger partial charge in [-0.3, -0.25) is 4.79 Å². The summed E-state index contributed by atoms with van der Waals surface area (Å²) in [6.45, 7) is 1.63. The Bertz CT molecular complexity index is 492. The fourth-order valence-corrected chi connectivity index (χ4v) is 2.77. The second kappa shape index (κ2) is 8.56. The predicted octanol–water partition coefficient (Wildman–Crippen LogP) is 2.36. The van der Waals surface area contributed by atoms with E-state index < -0.39 is 12.6 Å². The second-order valence-corrected chi connectivity index (χ2v) is 5.55. The van der Waals surface area contributed by atoms with Gasteiger partial charge in [0, 0.05) is 24.4 Å². The lowest BCUT2D eigenvalue weighted by Crippen LogP contribution is -2.38. The Labute approximate surface area is 129 Å².